The lowest BCUT2D eigenvalue weighted by molar-refractivity contribution is 0.243. The molecule has 5 heteroatoms. The molecule has 1 aromatic carbocycles. The summed E-state index contributed by atoms with van der Waals surface area (Å²) in [5.41, 5.74) is 5.04. The van der Waals surface area contributed by atoms with E-state index < -0.39 is 0 Å². The van der Waals surface area contributed by atoms with Crippen molar-refractivity contribution < 1.29 is 4.74 Å². The van der Waals surface area contributed by atoms with Gasteiger partial charge in [-0.3, -0.25) is 4.90 Å². The molecule has 0 spiro atoms. The Hall–Kier alpha value is -2.40. The summed E-state index contributed by atoms with van der Waals surface area (Å²) < 4.78 is 7.58. The van der Waals surface area contributed by atoms with Crippen LogP contribution in [0.4, 0.5) is 0 Å². The Morgan fingerprint density at radius 2 is 2.17 bits per heavy atom. The lowest BCUT2D eigenvalue weighted by atomic mass is 10.1. The maximum atomic E-state index is 5.39. The molecule has 1 aliphatic rings. The number of nitrogens with zero attached hydrogens (tertiary/aromatic N) is 4. The Morgan fingerprint density at radius 3 is 3.00 bits per heavy atom. The number of hydrogen-bond acceptors (Lipinski definition) is 4. The summed E-state index contributed by atoms with van der Waals surface area (Å²) in [4.78, 5) is 11.4. The zero-order chi connectivity index (χ0) is 16.7. The minimum absolute atomic E-state index is 0.864. The summed E-state index contributed by atoms with van der Waals surface area (Å²) in [5, 5.41) is 1.27. The fourth-order valence-electron chi connectivity index (χ4n) is 3.56. The van der Waals surface area contributed by atoms with E-state index in [-0.39, 0.29) is 0 Å². The normalized spacial score (nSPS) is 14.8. The molecule has 0 aliphatic carbocycles. The van der Waals surface area contributed by atoms with Gasteiger partial charge in [-0.1, -0.05) is 0 Å². The first kappa shape index (κ1) is 15.1. The average Bonchev–Trinajstić information content (AvgIpc) is 2.90. The first-order valence-corrected chi connectivity index (χ1v) is 8.30. The highest BCUT2D eigenvalue weighted by Crippen LogP contribution is 2.27. The van der Waals surface area contributed by atoms with Crippen LogP contribution in [0.1, 0.15) is 22.6 Å². The van der Waals surface area contributed by atoms with Gasteiger partial charge in [0.05, 0.1) is 7.11 Å². The van der Waals surface area contributed by atoms with Crippen LogP contribution in [0, 0.1) is 6.92 Å². The van der Waals surface area contributed by atoms with Gasteiger partial charge >= 0.3 is 0 Å². The highest BCUT2D eigenvalue weighted by Gasteiger charge is 2.19. The first-order valence-electron chi connectivity index (χ1n) is 8.30. The standard InChI is InChI=1S/C19H22N4O/c1-13-20-9-14-11-23(7-6-18(14)21-13)12-15-10-22(2)19-5-4-16(24-3)8-17(15)19/h4-5,8-10H,6-7,11-12H2,1-3H3. The predicted molar refractivity (Wildman–Crippen MR) is 94.1 cm³/mol. The van der Waals surface area contributed by atoms with E-state index in [0.717, 1.165) is 37.6 Å². The van der Waals surface area contributed by atoms with Crippen LogP contribution in [0.15, 0.2) is 30.6 Å². The third-order valence-electron chi connectivity index (χ3n) is 4.81. The second kappa shape index (κ2) is 5.91. The summed E-state index contributed by atoms with van der Waals surface area (Å²) in [7, 11) is 3.81. The first-order chi connectivity index (χ1) is 11.6. The fraction of sp³-hybridized carbons (Fsp3) is 0.368. The van der Waals surface area contributed by atoms with E-state index in [0.29, 0.717) is 0 Å². The predicted octanol–water partition coefficient (Wildman–Crippen LogP) is 2.84. The molecule has 0 fully saturated rings. The monoisotopic (exact) mass is 322 g/mol. The van der Waals surface area contributed by atoms with Crippen LogP contribution in [0.25, 0.3) is 10.9 Å². The van der Waals surface area contributed by atoms with E-state index in [1.165, 1.54) is 27.7 Å². The van der Waals surface area contributed by atoms with Crippen molar-refractivity contribution in [1.29, 1.82) is 0 Å². The second-order valence-electron chi connectivity index (χ2n) is 6.50. The maximum Gasteiger partial charge on any atom is 0.125 e. The van der Waals surface area contributed by atoms with Crippen LogP contribution in [-0.4, -0.2) is 33.1 Å². The van der Waals surface area contributed by atoms with Gasteiger partial charge in [-0.25, -0.2) is 9.97 Å². The number of fused-ring (bicyclic) bond motifs is 2. The number of methoxy groups -OCH3 is 1. The molecule has 0 bridgehead atoms. The number of aryl methyl sites for hydroxylation is 2. The van der Waals surface area contributed by atoms with Crippen molar-refractivity contribution in [3.05, 3.63) is 53.2 Å². The molecule has 0 saturated heterocycles. The largest absolute Gasteiger partial charge is 0.497 e. The van der Waals surface area contributed by atoms with Gasteiger partial charge < -0.3 is 9.30 Å². The molecule has 0 unspecified atom stereocenters. The van der Waals surface area contributed by atoms with Gasteiger partial charge in [-0.15, -0.1) is 0 Å². The molecule has 1 aliphatic heterocycles. The Morgan fingerprint density at radius 1 is 1.29 bits per heavy atom. The SMILES string of the molecule is COc1ccc2c(c1)c(CN1CCc3nc(C)ncc3C1)cn2C. The number of ether oxygens (including phenoxy) is 1. The summed E-state index contributed by atoms with van der Waals surface area (Å²) in [6.07, 6.45) is 5.20. The van der Waals surface area contributed by atoms with E-state index in [9.17, 15) is 0 Å². The fourth-order valence-corrected chi connectivity index (χ4v) is 3.56. The molecule has 3 aromatic rings. The lowest BCUT2D eigenvalue weighted by Gasteiger charge is -2.27. The van der Waals surface area contributed by atoms with E-state index in [1.807, 2.05) is 19.2 Å². The van der Waals surface area contributed by atoms with Gasteiger partial charge in [0.25, 0.3) is 0 Å². The molecule has 2 aromatic heterocycles. The molecule has 0 radical (unpaired) electrons. The minimum atomic E-state index is 0.864. The smallest absolute Gasteiger partial charge is 0.125 e. The van der Waals surface area contributed by atoms with Crippen molar-refractivity contribution >= 4 is 10.9 Å². The van der Waals surface area contributed by atoms with Crippen LogP contribution >= 0.6 is 0 Å². The zero-order valence-corrected chi connectivity index (χ0v) is 14.4. The van der Waals surface area contributed by atoms with E-state index in [4.69, 9.17) is 4.74 Å². The molecule has 0 saturated carbocycles. The Kier molecular flexibility index (Phi) is 3.73. The van der Waals surface area contributed by atoms with Gasteiger partial charge in [0.15, 0.2) is 0 Å². The van der Waals surface area contributed by atoms with Crippen molar-refractivity contribution in [3.8, 4) is 5.75 Å². The summed E-state index contributed by atoms with van der Waals surface area (Å²) in [6.45, 7) is 4.83. The van der Waals surface area contributed by atoms with E-state index in [2.05, 4.69) is 44.8 Å². The highest BCUT2D eigenvalue weighted by atomic mass is 16.5. The van der Waals surface area contributed by atoms with Crippen molar-refractivity contribution in [2.24, 2.45) is 7.05 Å². The molecule has 0 amide bonds. The number of rotatable bonds is 3. The molecular formula is C19H22N4O. The van der Waals surface area contributed by atoms with E-state index in [1.54, 1.807) is 7.11 Å². The van der Waals surface area contributed by atoms with Crippen molar-refractivity contribution in [1.82, 2.24) is 19.4 Å². The summed E-state index contributed by atoms with van der Waals surface area (Å²) in [6, 6.07) is 6.28. The molecule has 0 atom stereocenters. The molecule has 0 N–H and O–H groups in total. The van der Waals surface area contributed by atoms with Crippen LogP contribution in [0.3, 0.4) is 0 Å². The molecule has 3 heterocycles. The lowest BCUT2D eigenvalue weighted by Crippen LogP contribution is -2.31. The van der Waals surface area contributed by atoms with Gasteiger partial charge in [0.2, 0.25) is 0 Å². The van der Waals surface area contributed by atoms with E-state index >= 15 is 0 Å². The van der Waals surface area contributed by atoms with Gasteiger partial charge in [-0.05, 0) is 30.7 Å². The Labute approximate surface area is 141 Å². The van der Waals surface area contributed by atoms with Gasteiger partial charge in [-0.2, -0.15) is 0 Å². The van der Waals surface area contributed by atoms with Crippen molar-refractivity contribution in [3.63, 3.8) is 0 Å². The Balaban J connectivity index is 1.62. The average molecular weight is 322 g/mol. The molecule has 4 rings (SSSR count). The molecule has 5 nitrogen and oxygen atoms in total. The van der Waals surface area contributed by atoms with Crippen LogP contribution in [-0.2, 0) is 26.6 Å². The van der Waals surface area contributed by atoms with Crippen LogP contribution < -0.4 is 4.74 Å². The number of aromatic nitrogens is 3. The second-order valence-corrected chi connectivity index (χ2v) is 6.50. The third-order valence-corrected chi connectivity index (χ3v) is 4.81. The van der Waals surface area contributed by atoms with Gasteiger partial charge in [0, 0.05) is 67.7 Å². The van der Waals surface area contributed by atoms with Crippen molar-refractivity contribution in [2.45, 2.75) is 26.4 Å². The highest BCUT2D eigenvalue weighted by molar-refractivity contribution is 5.85. The van der Waals surface area contributed by atoms with Crippen LogP contribution in [0.5, 0.6) is 5.75 Å². The molecule has 24 heavy (non-hydrogen) atoms. The molecular weight excluding hydrogens is 300 g/mol. The molecule has 124 valence electrons. The topological polar surface area (TPSA) is 43.2 Å². The number of benzene rings is 1. The quantitative estimate of drug-likeness (QED) is 0.744. The number of hydrogen-bond donors (Lipinski definition) is 0. The van der Waals surface area contributed by atoms with Gasteiger partial charge in [0.1, 0.15) is 11.6 Å². The summed E-state index contributed by atoms with van der Waals surface area (Å²) in [5.74, 6) is 1.77. The minimum Gasteiger partial charge on any atom is -0.497 e. The Bertz CT molecular complexity index is 900. The van der Waals surface area contributed by atoms with Crippen molar-refractivity contribution in [2.75, 3.05) is 13.7 Å². The maximum absolute atomic E-state index is 5.39. The third kappa shape index (κ3) is 2.65. The van der Waals surface area contributed by atoms with Crippen LogP contribution in [0.2, 0.25) is 0 Å². The summed E-state index contributed by atoms with van der Waals surface area (Å²) >= 11 is 0. The zero-order valence-electron chi connectivity index (χ0n) is 14.4.